The van der Waals surface area contributed by atoms with Gasteiger partial charge in [0.15, 0.2) is 0 Å². The molecule has 0 aromatic heterocycles. The van der Waals surface area contributed by atoms with Gasteiger partial charge < -0.3 is 11.1 Å². The summed E-state index contributed by atoms with van der Waals surface area (Å²) in [6, 6.07) is 0. The minimum absolute atomic E-state index is 0.000278. The first-order valence-electron chi connectivity index (χ1n) is 5.24. The molecule has 1 fully saturated rings. The van der Waals surface area contributed by atoms with Crippen LogP contribution in [-0.2, 0) is 4.79 Å². The Morgan fingerprint density at radius 2 is 2.43 bits per heavy atom. The van der Waals surface area contributed by atoms with E-state index in [2.05, 4.69) is 10.3 Å². The number of nitrogens with zero attached hydrogens (tertiary/aromatic N) is 1. The molecular weight excluding hydrogens is 178 g/mol. The second-order valence-electron chi connectivity index (χ2n) is 3.57. The average molecular weight is 197 g/mol. The second kappa shape index (κ2) is 5.75. The smallest absolute Gasteiger partial charge is 0.228 e. The van der Waals surface area contributed by atoms with Gasteiger partial charge in [0.2, 0.25) is 5.91 Å². The maximum Gasteiger partial charge on any atom is 0.228 e. The van der Waals surface area contributed by atoms with Crippen LogP contribution in [0.4, 0.5) is 0 Å². The van der Waals surface area contributed by atoms with E-state index in [0.29, 0.717) is 13.1 Å². The molecule has 1 unspecified atom stereocenters. The van der Waals surface area contributed by atoms with Crippen LogP contribution in [-0.4, -0.2) is 31.8 Å². The zero-order valence-electron chi connectivity index (χ0n) is 8.75. The van der Waals surface area contributed by atoms with Gasteiger partial charge >= 0.3 is 0 Å². The van der Waals surface area contributed by atoms with E-state index in [1.807, 2.05) is 0 Å². The van der Waals surface area contributed by atoms with Gasteiger partial charge in [-0.05, 0) is 19.3 Å². The van der Waals surface area contributed by atoms with Crippen LogP contribution >= 0.6 is 0 Å². The Labute approximate surface area is 85.0 Å². The standard InChI is InChI=1S/C10H19N3O/c1-12-10(14)8-4-2-3-5-9(8)13-7-6-11/h8H,2-7,11H2,1H3,(H,12,14). The lowest BCUT2D eigenvalue weighted by Gasteiger charge is -2.22. The molecule has 0 heterocycles. The molecule has 3 N–H and O–H groups in total. The number of nitrogens with two attached hydrogens (primary N) is 1. The molecule has 14 heavy (non-hydrogen) atoms. The summed E-state index contributed by atoms with van der Waals surface area (Å²) in [6.07, 6.45) is 4.16. The summed E-state index contributed by atoms with van der Waals surface area (Å²) >= 11 is 0. The second-order valence-corrected chi connectivity index (χ2v) is 3.57. The van der Waals surface area contributed by atoms with E-state index in [1.54, 1.807) is 7.05 Å². The minimum Gasteiger partial charge on any atom is -0.359 e. The molecule has 1 amide bonds. The van der Waals surface area contributed by atoms with Gasteiger partial charge in [-0.2, -0.15) is 0 Å². The van der Waals surface area contributed by atoms with Crippen molar-refractivity contribution in [2.45, 2.75) is 25.7 Å². The third-order valence-corrected chi connectivity index (χ3v) is 2.58. The van der Waals surface area contributed by atoms with Crippen molar-refractivity contribution in [1.29, 1.82) is 0 Å². The van der Waals surface area contributed by atoms with Crippen molar-refractivity contribution in [2.24, 2.45) is 16.6 Å². The summed E-state index contributed by atoms with van der Waals surface area (Å²) in [6.45, 7) is 1.20. The Bertz CT molecular complexity index is 225. The normalized spacial score (nSPS) is 25.0. The van der Waals surface area contributed by atoms with Crippen LogP contribution in [0.15, 0.2) is 4.99 Å². The summed E-state index contributed by atoms with van der Waals surface area (Å²) in [7, 11) is 1.68. The molecule has 1 rings (SSSR count). The molecular formula is C10H19N3O. The summed E-state index contributed by atoms with van der Waals surface area (Å²) in [5, 5.41) is 2.69. The Kier molecular flexibility index (Phi) is 4.59. The third-order valence-electron chi connectivity index (χ3n) is 2.58. The van der Waals surface area contributed by atoms with Gasteiger partial charge in [0.25, 0.3) is 0 Å². The quantitative estimate of drug-likeness (QED) is 0.684. The summed E-state index contributed by atoms with van der Waals surface area (Å²) in [5.74, 6) is 0.0979. The van der Waals surface area contributed by atoms with Crippen LogP contribution in [0, 0.1) is 5.92 Å². The molecule has 80 valence electrons. The number of hydrogen-bond donors (Lipinski definition) is 2. The first-order chi connectivity index (χ1) is 6.79. The fraction of sp³-hybridized carbons (Fsp3) is 0.800. The Morgan fingerprint density at radius 1 is 1.64 bits per heavy atom. The highest BCUT2D eigenvalue weighted by Gasteiger charge is 2.25. The molecule has 0 aromatic carbocycles. The van der Waals surface area contributed by atoms with Gasteiger partial charge in [-0.25, -0.2) is 0 Å². The highest BCUT2D eigenvalue weighted by Crippen LogP contribution is 2.21. The molecule has 1 atom stereocenters. The fourth-order valence-corrected chi connectivity index (χ4v) is 1.85. The van der Waals surface area contributed by atoms with Crippen LogP contribution in [0.2, 0.25) is 0 Å². The number of nitrogens with one attached hydrogen (secondary N) is 1. The van der Waals surface area contributed by atoms with E-state index >= 15 is 0 Å². The molecule has 1 aliphatic carbocycles. The third kappa shape index (κ3) is 2.80. The molecule has 1 saturated carbocycles. The number of carbonyl (C=O) groups is 1. The zero-order valence-corrected chi connectivity index (χ0v) is 8.75. The molecule has 4 nitrogen and oxygen atoms in total. The molecule has 1 aliphatic rings. The molecule has 4 heteroatoms. The van der Waals surface area contributed by atoms with Crippen molar-refractivity contribution in [3.8, 4) is 0 Å². The monoisotopic (exact) mass is 197 g/mol. The van der Waals surface area contributed by atoms with E-state index in [4.69, 9.17) is 5.73 Å². The average Bonchev–Trinajstić information content (AvgIpc) is 2.25. The minimum atomic E-state index is 0.000278. The topological polar surface area (TPSA) is 67.5 Å². The van der Waals surface area contributed by atoms with Gasteiger partial charge in [-0.15, -0.1) is 0 Å². The summed E-state index contributed by atoms with van der Waals surface area (Å²) < 4.78 is 0. The number of amides is 1. The lowest BCUT2D eigenvalue weighted by molar-refractivity contribution is -0.122. The summed E-state index contributed by atoms with van der Waals surface area (Å²) in [5.41, 5.74) is 6.43. The van der Waals surface area contributed by atoms with Gasteiger partial charge in [0.05, 0.1) is 12.5 Å². The maximum atomic E-state index is 11.5. The highest BCUT2D eigenvalue weighted by molar-refractivity contribution is 6.04. The van der Waals surface area contributed by atoms with Crippen LogP contribution in [0.1, 0.15) is 25.7 Å². The van der Waals surface area contributed by atoms with Crippen LogP contribution in [0.3, 0.4) is 0 Å². The zero-order chi connectivity index (χ0) is 10.4. The maximum absolute atomic E-state index is 11.5. The number of carbonyl (C=O) groups excluding carboxylic acids is 1. The van der Waals surface area contributed by atoms with Gasteiger partial charge in [-0.3, -0.25) is 9.79 Å². The van der Waals surface area contributed by atoms with Crippen molar-refractivity contribution >= 4 is 11.6 Å². The van der Waals surface area contributed by atoms with E-state index in [0.717, 1.165) is 31.4 Å². The molecule has 0 saturated heterocycles. The highest BCUT2D eigenvalue weighted by atomic mass is 16.1. The first kappa shape index (κ1) is 11.2. The number of aliphatic imine (C=N–C) groups is 1. The largest absolute Gasteiger partial charge is 0.359 e. The van der Waals surface area contributed by atoms with Crippen LogP contribution in [0.5, 0.6) is 0 Å². The van der Waals surface area contributed by atoms with E-state index in [1.165, 1.54) is 0 Å². The van der Waals surface area contributed by atoms with Crippen LogP contribution in [0.25, 0.3) is 0 Å². The van der Waals surface area contributed by atoms with Gasteiger partial charge in [0, 0.05) is 19.3 Å². The van der Waals surface area contributed by atoms with Crippen molar-refractivity contribution in [3.05, 3.63) is 0 Å². The summed E-state index contributed by atoms with van der Waals surface area (Å²) in [4.78, 5) is 15.9. The molecule has 0 bridgehead atoms. The van der Waals surface area contributed by atoms with Crippen molar-refractivity contribution < 1.29 is 4.79 Å². The Balaban J connectivity index is 2.63. The SMILES string of the molecule is CNC(=O)C1CCCCC1=NCCN. The van der Waals surface area contributed by atoms with Crippen molar-refractivity contribution in [3.63, 3.8) is 0 Å². The lowest BCUT2D eigenvalue weighted by atomic mass is 9.86. The molecule has 0 radical (unpaired) electrons. The van der Waals surface area contributed by atoms with Crippen LogP contribution < -0.4 is 11.1 Å². The number of hydrogen-bond acceptors (Lipinski definition) is 3. The predicted octanol–water partition coefficient (Wildman–Crippen LogP) is 0.322. The van der Waals surface area contributed by atoms with E-state index in [9.17, 15) is 4.79 Å². The first-order valence-corrected chi connectivity index (χ1v) is 5.24. The molecule has 0 aromatic rings. The van der Waals surface area contributed by atoms with E-state index < -0.39 is 0 Å². The number of rotatable bonds is 3. The van der Waals surface area contributed by atoms with Gasteiger partial charge in [-0.1, -0.05) is 6.42 Å². The van der Waals surface area contributed by atoms with Crippen molar-refractivity contribution in [2.75, 3.05) is 20.1 Å². The molecule has 0 aliphatic heterocycles. The molecule has 0 spiro atoms. The van der Waals surface area contributed by atoms with E-state index in [-0.39, 0.29) is 11.8 Å². The predicted molar refractivity (Wildman–Crippen MR) is 57.4 cm³/mol. The van der Waals surface area contributed by atoms with Gasteiger partial charge in [0.1, 0.15) is 0 Å². The fourth-order valence-electron chi connectivity index (χ4n) is 1.85. The Hall–Kier alpha value is -0.900. The lowest BCUT2D eigenvalue weighted by Crippen LogP contribution is -2.35. The Morgan fingerprint density at radius 3 is 3.07 bits per heavy atom. The van der Waals surface area contributed by atoms with Crippen molar-refractivity contribution in [1.82, 2.24) is 5.32 Å².